The van der Waals surface area contributed by atoms with Gasteiger partial charge in [0.15, 0.2) is 0 Å². The van der Waals surface area contributed by atoms with E-state index in [0.29, 0.717) is 10.8 Å². The molecular weight excluding hydrogens is 334 g/mol. The first-order chi connectivity index (χ1) is 9.86. The van der Waals surface area contributed by atoms with E-state index >= 15 is 0 Å². The van der Waals surface area contributed by atoms with Gasteiger partial charge < -0.3 is 10.1 Å². The predicted octanol–water partition coefficient (Wildman–Crippen LogP) is 2.15. The molecule has 8 heteroatoms. The molecule has 1 amide bonds. The monoisotopic (exact) mass is 351 g/mol. The summed E-state index contributed by atoms with van der Waals surface area (Å²) >= 11 is 1.03. The topological polar surface area (TPSA) is 72.5 Å². The summed E-state index contributed by atoms with van der Waals surface area (Å²) in [5, 5.41) is 2.98. The first kappa shape index (κ1) is 16.7. The second-order valence-electron chi connectivity index (χ2n) is 5.14. The fraction of sp³-hybridized carbons (Fsp3) is 0.615. The van der Waals surface area contributed by atoms with Gasteiger partial charge in [0.2, 0.25) is 5.91 Å². The number of carbonyl (C=O) groups is 1. The fourth-order valence-electron chi connectivity index (χ4n) is 2.38. The number of amides is 1. The molecule has 1 aromatic rings. The molecule has 21 heavy (non-hydrogen) atoms. The molecule has 1 unspecified atom stereocenters. The summed E-state index contributed by atoms with van der Waals surface area (Å²) in [6.07, 6.45) is 2.08. The Balaban J connectivity index is 1.88. The van der Waals surface area contributed by atoms with Crippen LogP contribution in [0, 0.1) is 5.92 Å². The molecule has 1 atom stereocenters. The summed E-state index contributed by atoms with van der Waals surface area (Å²) in [5.41, 5.74) is 0. The van der Waals surface area contributed by atoms with Crippen molar-refractivity contribution in [3.63, 3.8) is 0 Å². The van der Waals surface area contributed by atoms with Gasteiger partial charge >= 0.3 is 0 Å². The third-order valence-electron chi connectivity index (χ3n) is 3.57. The van der Waals surface area contributed by atoms with Gasteiger partial charge in [-0.05, 0) is 37.8 Å². The van der Waals surface area contributed by atoms with Crippen molar-refractivity contribution >= 4 is 37.0 Å². The van der Waals surface area contributed by atoms with Gasteiger partial charge in [-0.1, -0.05) is 0 Å². The number of thiophene rings is 1. The molecule has 0 aliphatic carbocycles. The summed E-state index contributed by atoms with van der Waals surface area (Å²) < 4.78 is 27.7. The second-order valence-corrected chi connectivity index (χ2v) is 9.10. The summed E-state index contributed by atoms with van der Waals surface area (Å²) in [5.74, 6) is 0.333. The summed E-state index contributed by atoms with van der Waals surface area (Å²) in [7, 11) is 1.55. The Morgan fingerprint density at radius 2 is 2.14 bits per heavy atom. The molecule has 2 heterocycles. The lowest BCUT2D eigenvalue weighted by atomic mass is 9.93. The van der Waals surface area contributed by atoms with Crippen LogP contribution < -0.4 is 5.32 Å². The van der Waals surface area contributed by atoms with Crippen LogP contribution in [-0.4, -0.2) is 33.6 Å². The highest BCUT2D eigenvalue weighted by Crippen LogP contribution is 2.25. The molecule has 1 fully saturated rings. The number of nitrogens with one attached hydrogen (secondary N) is 1. The molecule has 118 valence electrons. The maximum Gasteiger partial charge on any atom is 0.270 e. The quantitative estimate of drug-likeness (QED) is 0.825. The Morgan fingerprint density at radius 3 is 2.71 bits per heavy atom. The number of ether oxygens (including phenoxy) is 1. The van der Waals surface area contributed by atoms with E-state index in [1.165, 1.54) is 6.07 Å². The minimum atomic E-state index is -3.71. The van der Waals surface area contributed by atoms with Gasteiger partial charge in [-0.15, -0.1) is 11.3 Å². The molecule has 2 rings (SSSR count). The van der Waals surface area contributed by atoms with Crippen molar-refractivity contribution in [3.05, 3.63) is 17.0 Å². The Kier molecular flexibility index (Phi) is 5.65. The summed E-state index contributed by atoms with van der Waals surface area (Å²) in [6, 6.07) is 3.15. The molecule has 0 saturated carbocycles. The minimum absolute atomic E-state index is 0.0736. The van der Waals surface area contributed by atoms with Crippen LogP contribution in [0.1, 0.15) is 24.6 Å². The SMILES string of the molecule is CC(NC(=O)Cc1ccc(S(=O)(=O)Cl)s1)C1CCOCC1. The van der Waals surface area contributed by atoms with E-state index in [-0.39, 0.29) is 22.6 Å². The first-order valence-electron chi connectivity index (χ1n) is 6.77. The van der Waals surface area contributed by atoms with Gasteiger partial charge in [0, 0.05) is 34.8 Å². The van der Waals surface area contributed by atoms with Gasteiger partial charge in [0.1, 0.15) is 4.21 Å². The molecule has 1 aliphatic heterocycles. The number of carbonyl (C=O) groups excluding carboxylic acids is 1. The number of halogens is 1. The van der Waals surface area contributed by atoms with E-state index in [4.69, 9.17) is 15.4 Å². The van der Waals surface area contributed by atoms with E-state index in [1.807, 2.05) is 6.92 Å². The molecule has 1 aromatic heterocycles. The average molecular weight is 352 g/mol. The standard InChI is InChI=1S/C13H18ClNO4S2/c1-9(10-4-6-19-7-5-10)15-12(16)8-11-2-3-13(20-11)21(14,17)18/h2-3,9-10H,4-8H2,1H3,(H,15,16). The van der Waals surface area contributed by atoms with Crippen LogP contribution in [0.5, 0.6) is 0 Å². The van der Waals surface area contributed by atoms with E-state index in [9.17, 15) is 13.2 Å². The molecule has 1 aliphatic rings. The Bertz CT molecular complexity index is 593. The highest BCUT2D eigenvalue weighted by molar-refractivity contribution is 8.15. The lowest BCUT2D eigenvalue weighted by molar-refractivity contribution is -0.121. The average Bonchev–Trinajstić information content (AvgIpc) is 2.88. The number of rotatable bonds is 5. The predicted molar refractivity (Wildman–Crippen MR) is 82.2 cm³/mol. The van der Waals surface area contributed by atoms with Crippen LogP contribution in [0.25, 0.3) is 0 Å². The van der Waals surface area contributed by atoms with E-state index in [0.717, 1.165) is 37.4 Å². The molecule has 0 aromatic carbocycles. The Hall–Kier alpha value is -0.630. The van der Waals surface area contributed by atoms with Crippen LogP contribution >= 0.6 is 22.0 Å². The summed E-state index contributed by atoms with van der Waals surface area (Å²) in [4.78, 5) is 12.7. The third-order valence-corrected chi connectivity index (χ3v) is 6.75. The number of hydrogen-bond donors (Lipinski definition) is 1. The molecule has 1 saturated heterocycles. The smallest absolute Gasteiger partial charge is 0.270 e. The molecule has 0 spiro atoms. The van der Waals surface area contributed by atoms with Crippen LogP contribution in [0.2, 0.25) is 0 Å². The lowest BCUT2D eigenvalue weighted by Crippen LogP contribution is -2.40. The Labute approximate surface area is 133 Å². The largest absolute Gasteiger partial charge is 0.381 e. The zero-order valence-corrected chi connectivity index (χ0v) is 14.1. The maximum absolute atomic E-state index is 12.0. The van der Waals surface area contributed by atoms with Crippen LogP contribution in [0.4, 0.5) is 0 Å². The van der Waals surface area contributed by atoms with Crippen LogP contribution in [-0.2, 0) is 25.0 Å². The van der Waals surface area contributed by atoms with E-state index in [2.05, 4.69) is 5.32 Å². The van der Waals surface area contributed by atoms with E-state index in [1.54, 1.807) is 6.07 Å². The fourth-order valence-corrected chi connectivity index (χ4v) is 4.50. The van der Waals surface area contributed by atoms with Gasteiger partial charge in [-0.25, -0.2) is 8.42 Å². The van der Waals surface area contributed by atoms with Crippen molar-refractivity contribution in [2.45, 2.75) is 36.4 Å². The molecular formula is C13H18ClNO4S2. The molecule has 5 nitrogen and oxygen atoms in total. The Morgan fingerprint density at radius 1 is 1.48 bits per heavy atom. The minimum Gasteiger partial charge on any atom is -0.381 e. The van der Waals surface area contributed by atoms with Crippen molar-refractivity contribution in [3.8, 4) is 0 Å². The van der Waals surface area contributed by atoms with Crippen molar-refractivity contribution < 1.29 is 17.9 Å². The molecule has 0 radical (unpaired) electrons. The molecule has 1 N–H and O–H groups in total. The highest BCUT2D eigenvalue weighted by Gasteiger charge is 2.22. The van der Waals surface area contributed by atoms with Gasteiger partial charge in [-0.2, -0.15) is 0 Å². The summed E-state index contributed by atoms with van der Waals surface area (Å²) in [6.45, 7) is 3.48. The number of hydrogen-bond acceptors (Lipinski definition) is 5. The van der Waals surface area contributed by atoms with Crippen molar-refractivity contribution in [1.82, 2.24) is 5.32 Å². The van der Waals surface area contributed by atoms with Crippen molar-refractivity contribution in [2.24, 2.45) is 5.92 Å². The second kappa shape index (κ2) is 7.09. The van der Waals surface area contributed by atoms with Crippen molar-refractivity contribution in [1.29, 1.82) is 0 Å². The van der Waals surface area contributed by atoms with Crippen LogP contribution in [0.3, 0.4) is 0 Å². The zero-order valence-electron chi connectivity index (χ0n) is 11.7. The first-order valence-corrected chi connectivity index (χ1v) is 9.89. The van der Waals surface area contributed by atoms with E-state index < -0.39 is 9.05 Å². The zero-order chi connectivity index (χ0) is 15.5. The van der Waals surface area contributed by atoms with Gasteiger partial charge in [0.25, 0.3) is 9.05 Å². The van der Waals surface area contributed by atoms with Gasteiger partial charge in [0.05, 0.1) is 6.42 Å². The van der Waals surface area contributed by atoms with Crippen LogP contribution in [0.15, 0.2) is 16.3 Å². The molecule has 0 bridgehead atoms. The maximum atomic E-state index is 12.0. The third kappa shape index (κ3) is 4.95. The highest BCUT2D eigenvalue weighted by atomic mass is 35.7. The van der Waals surface area contributed by atoms with Crippen molar-refractivity contribution in [2.75, 3.05) is 13.2 Å². The lowest BCUT2D eigenvalue weighted by Gasteiger charge is -2.28. The van der Waals surface area contributed by atoms with Gasteiger partial charge in [-0.3, -0.25) is 4.79 Å². The normalized spacial score (nSPS) is 18.4.